The molecule has 2 aromatic carbocycles. The van der Waals surface area contributed by atoms with Crippen molar-refractivity contribution in [3.63, 3.8) is 0 Å². The van der Waals surface area contributed by atoms with Crippen molar-refractivity contribution >= 4 is 21.8 Å². The molecule has 0 saturated heterocycles. The fraction of sp³-hybridized carbons (Fsp3) is 0.235. The molecule has 20 heavy (non-hydrogen) atoms. The lowest BCUT2D eigenvalue weighted by atomic mass is 10.00. The molecule has 0 aliphatic heterocycles. The van der Waals surface area contributed by atoms with E-state index < -0.39 is 0 Å². The smallest absolute Gasteiger partial charge is 0.251 e. The lowest BCUT2D eigenvalue weighted by Gasteiger charge is -2.17. The molecule has 1 atom stereocenters. The molecule has 2 aromatic rings. The van der Waals surface area contributed by atoms with Crippen molar-refractivity contribution in [1.29, 1.82) is 0 Å². The Hall–Kier alpha value is -1.61. The van der Waals surface area contributed by atoms with Gasteiger partial charge in [0.1, 0.15) is 0 Å². The third kappa shape index (κ3) is 3.48. The summed E-state index contributed by atoms with van der Waals surface area (Å²) in [5, 5.41) is 3.04. The second-order valence-corrected chi connectivity index (χ2v) is 5.98. The summed E-state index contributed by atoms with van der Waals surface area (Å²) in [4.78, 5) is 12.2. The van der Waals surface area contributed by atoms with Crippen molar-refractivity contribution in [1.82, 2.24) is 5.32 Å². The first-order valence-electron chi connectivity index (χ1n) is 6.61. The number of amides is 1. The van der Waals surface area contributed by atoms with Crippen LogP contribution in [0.3, 0.4) is 0 Å². The minimum absolute atomic E-state index is 0.00764. The molecule has 0 heterocycles. The number of halogens is 1. The molecule has 0 aliphatic rings. The van der Waals surface area contributed by atoms with Crippen molar-refractivity contribution in [3.05, 3.63) is 69.2 Å². The van der Waals surface area contributed by atoms with Gasteiger partial charge < -0.3 is 5.32 Å². The molecule has 2 rings (SSSR count). The molecule has 1 amide bonds. The molecule has 0 aromatic heterocycles. The Balaban J connectivity index is 2.12. The molecule has 0 aliphatic carbocycles. The summed E-state index contributed by atoms with van der Waals surface area (Å²) in [6.45, 7) is 6.15. The Morgan fingerprint density at radius 2 is 1.75 bits per heavy atom. The van der Waals surface area contributed by atoms with Crippen molar-refractivity contribution in [2.75, 3.05) is 0 Å². The number of rotatable bonds is 3. The van der Waals surface area contributed by atoms with Gasteiger partial charge in [0.05, 0.1) is 6.04 Å². The number of hydrogen-bond donors (Lipinski definition) is 1. The molecular formula is C17H18BrNO. The van der Waals surface area contributed by atoms with Gasteiger partial charge in [-0.25, -0.2) is 0 Å². The Kier molecular flexibility index (Phi) is 4.61. The minimum atomic E-state index is -0.0509. The Bertz CT molecular complexity index is 619. The van der Waals surface area contributed by atoms with Crippen molar-refractivity contribution in [2.45, 2.75) is 26.8 Å². The number of aryl methyl sites for hydroxylation is 2. The molecule has 2 nitrogen and oxygen atoms in total. The normalized spacial score (nSPS) is 12.0. The van der Waals surface area contributed by atoms with Gasteiger partial charge in [-0.2, -0.15) is 0 Å². The van der Waals surface area contributed by atoms with Crippen molar-refractivity contribution < 1.29 is 4.79 Å². The van der Waals surface area contributed by atoms with Gasteiger partial charge in [-0.1, -0.05) is 39.7 Å². The second kappa shape index (κ2) is 6.23. The fourth-order valence-electron chi connectivity index (χ4n) is 2.27. The highest BCUT2D eigenvalue weighted by molar-refractivity contribution is 9.10. The zero-order valence-corrected chi connectivity index (χ0v) is 13.5. The summed E-state index contributed by atoms with van der Waals surface area (Å²) in [6, 6.07) is 13.7. The first kappa shape index (κ1) is 14.8. The zero-order chi connectivity index (χ0) is 14.7. The quantitative estimate of drug-likeness (QED) is 0.877. The van der Waals surface area contributed by atoms with E-state index in [4.69, 9.17) is 0 Å². The van der Waals surface area contributed by atoms with Crippen LogP contribution in [-0.2, 0) is 0 Å². The lowest BCUT2D eigenvalue weighted by molar-refractivity contribution is 0.0940. The maximum atomic E-state index is 12.2. The molecule has 0 bridgehead atoms. The summed E-state index contributed by atoms with van der Waals surface area (Å²) >= 11 is 3.37. The van der Waals surface area contributed by atoms with E-state index in [2.05, 4.69) is 53.3 Å². The molecule has 1 N–H and O–H groups in total. The molecular weight excluding hydrogens is 314 g/mol. The van der Waals surface area contributed by atoms with Gasteiger partial charge in [0, 0.05) is 10.0 Å². The average molecular weight is 332 g/mol. The highest BCUT2D eigenvalue weighted by Crippen LogP contribution is 2.19. The predicted molar refractivity (Wildman–Crippen MR) is 85.9 cm³/mol. The highest BCUT2D eigenvalue weighted by atomic mass is 79.9. The summed E-state index contributed by atoms with van der Waals surface area (Å²) in [5.74, 6) is -0.0509. The van der Waals surface area contributed by atoms with E-state index in [1.54, 1.807) is 0 Å². The summed E-state index contributed by atoms with van der Waals surface area (Å²) < 4.78 is 0.969. The van der Waals surface area contributed by atoms with Gasteiger partial charge in [-0.3, -0.25) is 4.79 Å². The van der Waals surface area contributed by atoms with E-state index >= 15 is 0 Å². The van der Waals surface area contributed by atoms with Crippen molar-refractivity contribution in [3.8, 4) is 0 Å². The fourth-order valence-corrected chi connectivity index (χ4v) is 2.53. The van der Waals surface area contributed by atoms with Crippen LogP contribution in [-0.4, -0.2) is 5.91 Å². The van der Waals surface area contributed by atoms with E-state index in [1.807, 2.05) is 31.2 Å². The summed E-state index contributed by atoms with van der Waals surface area (Å²) in [7, 11) is 0. The third-order valence-electron chi connectivity index (χ3n) is 3.35. The summed E-state index contributed by atoms with van der Waals surface area (Å²) in [5.41, 5.74) is 4.26. The van der Waals surface area contributed by atoms with Crippen molar-refractivity contribution in [2.24, 2.45) is 0 Å². The zero-order valence-electron chi connectivity index (χ0n) is 11.9. The van der Waals surface area contributed by atoms with Crippen LogP contribution in [0.5, 0.6) is 0 Å². The molecule has 0 radical (unpaired) electrons. The van der Waals surface area contributed by atoms with Gasteiger partial charge in [0.25, 0.3) is 5.91 Å². The van der Waals surface area contributed by atoms with E-state index in [0.29, 0.717) is 5.56 Å². The Labute approximate surface area is 128 Å². The van der Waals surface area contributed by atoms with E-state index in [9.17, 15) is 4.79 Å². The third-order valence-corrected chi connectivity index (χ3v) is 3.87. The highest BCUT2D eigenvalue weighted by Gasteiger charge is 2.13. The Morgan fingerprint density at radius 3 is 2.35 bits per heavy atom. The summed E-state index contributed by atoms with van der Waals surface area (Å²) in [6.07, 6.45) is 0. The van der Waals surface area contributed by atoms with Crippen LogP contribution in [0.1, 0.15) is 40.0 Å². The van der Waals surface area contributed by atoms with Gasteiger partial charge in [0.2, 0.25) is 0 Å². The molecule has 3 heteroatoms. The lowest BCUT2D eigenvalue weighted by Crippen LogP contribution is -2.27. The molecule has 0 saturated carbocycles. The first-order valence-corrected chi connectivity index (χ1v) is 7.40. The van der Waals surface area contributed by atoms with Crippen LogP contribution in [0.15, 0.2) is 46.9 Å². The van der Waals surface area contributed by atoms with E-state index in [0.717, 1.165) is 10.0 Å². The van der Waals surface area contributed by atoms with Crippen LogP contribution in [0.4, 0.5) is 0 Å². The molecule has 0 spiro atoms. The van der Waals surface area contributed by atoms with Crippen LogP contribution in [0.2, 0.25) is 0 Å². The topological polar surface area (TPSA) is 29.1 Å². The maximum Gasteiger partial charge on any atom is 0.251 e. The number of hydrogen-bond acceptors (Lipinski definition) is 1. The average Bonchev–Trinajstić information content (AvgIpc) is 2.39. The molecule has 104 valence electrons. The second-order valence-electron chi connectivity index (χ2n) is 5.06. The van der Waals surface area contributed by atoms with Gasteiger partial charge >= 0.3 is 0 Å². The van der Waals surface area contributed by atoms with Crippen LogP contribution in [0.25, 0.3) is 0 Å². The number of carbonyl (C=O) groups excluding carboxylic acids is 1. The number of nitrogens with one attached hydrogen (secondary N) is 1. The van der Waals surface area contributed by atoms with Gasteiger partial charge in [-0.15, -0.1) is 0 Å². The first-order chi connectivity index (χ1) is 9.47. The van der Waals surface area contributed by atoms with E-state index in [1.165, 1.54) is 11.1 Å². The minimum Gasteiger partial charge on any atom is -0.346 e. The van der Waals surface area contributed by atoms with Crippen LogP contribution < -0.4 is 5.32 Å². The van der Waals surface area contributed by atoms with Crippen LogP contribution >= 0.6 is 15.9 Å². The van der Waals surface area contributed by atoms with E-state index in [-0.39, 0.29) is 11.9 Å². The Morgan fingerprint density at radius 1 is 1.10 bits per heavy atom. The SMILES string of the molecule is Cc1ccc([C@H](C)NC(=O)c2ccc(Br)cc2)c(C)c1. The largest absolute Gasteiger partial charge is 0.346 e. The number of benzene rings is 2. The maximum absolute atomic E-state index is 12.2. The molecule has 0 unspecified atom stereocenters. The van der Waals surface area contributed by atoms with Crippen LogP contribution in [0, 0.1) is 13.8 Å². The van der Waals surface area contributed by atoms with Gasteiger partial charge in [-0.05, 0) is 56.2 Å². The predicted octanol–water partition coefficient (Wildman–Crippen LogP) is 4.56. The van der Waals surface area contributed by atoms with Gasteiger partial charge in [0.15, 0.2) is 0 Å². The number of carbonyl (C=O) groups is 1. The monoisotopic (exact) mass is 331 g/mol. The molecule has 0 fully saturated rings. The standard InChI is InChI=1S/C17H18BrNO/c1-11-4-9-16(12(2)10-11)13(3)19-17(20)14-5-7-15(18)8-6-14/h4-10,13H,1-3H3,(H,19,20)/t13-/m0/s1.